The average Bonchev–Trinajstić information content (AvgIpc) is 2.66. The van der Waals surface area contributed by atoms with Gasteiger partial charge in [0.05, 0.1) is 17.6 Å². The fourth-order valence-electron chi connectivity index (χ4n) is 2.32. The summed E-state index contributed by atoms with van der Waals surface area (Å²) < 4.78 is 0. The van der Waals surface area contributed by atoms with Gasteiger partial charge in [-0.15, -0.1) is 5.10 Å². The van der Waals surface area contributed by atoms with Crippen molar-refractivity contribution in [3.63, 3.8) is 0 Å². The molecule has 0 fully saturated rings. The Hall–Kier alpha value is -2.79. The lowest BCUT2D eigenvalue weighted by molar-refractivity contribution is 0.944. The highest BCUT2D eigenvalue weighted by Gasteiger charge is 2.09. The van der Waals surface area contributed by atoms with Crippen LogP contribution in [0.3, 0.4) is 0 Å². The third-order valence-corrected chi connectivity index (χ3v) is 3.75. The van der Waals surface area contributed by atoms with Crippen LogP contribution in [0.5, 0.6) is 0 Å². The first-order valence-electron chi connectivity index (χ1n) is 8.10. The number of nitrogens with one attached hydrogen (secondary N) is 1. The van der Waals surface area contributed by atoms with Crippen LogP contribution in [0, 0.1) is 0 Å². The molecular formula is C19H18ClN5. The summed E-state index contributed by atoms with van der Waals surface area (Å²) in [5.41, 5.74) is 6.34. The maximum absolute atomic E-state index is 6.01. The minimum Gasteiger partial charge on any atom is -0.278 e. The van der Waals surface area contributed by atoms with Gasteiger partial charge in [-0.3, -0.25) is 5.43 Å². The fourth-order valence-corrected chi connectivity index (χ4v) is 2.51. The SMILES string of the molecule is CCC/C(=N\Nc1cccc(Cl)c1)c1cnnc(-c2ccccc2)n1. The highest BCUT2D eigenvalue weighted by Crippen LogP contribution is 2.16. The number of hydrogen-bond acceptors (Lipinski definition) is 5. The van der Waals surface area contributed by atoms with Crippen LogP contribution < -0.4 is 5.43 Å². The van der Waals surface area contributed by atoms with Crippen LogP contribution in [0.1, 0.15) is 25.5 Å². The van der Waals surface area contributed by atoms with E-state index >= 15 is 0 Å². The average molecular weight is 352 g/mol. The minimum absolute atomic E-state index is 0.588. The summed E-state index contributed by atoms with van der Waals surface area (Å²) in [6, 6.07) is 17.2. The Kier molecular flexibility index (Phi) is 5.69. The van der Waals surface area contributed by atoms with Gasteiger partial charge in [-0.1, -0.05) is 61.3 Å². The highest BCUT2D eigenvalue weighted by molar-refractivity contribution is 6.30. The topological polar surface area (TPSA) is 63.1 Å². The van der Waals surface area contributed by atoms with Gasteiger partial charge < -0.3 is 0 Å². The van der Waals surface area contributed by atoms with Gasteiger partial charge in [0, 0.05) is 10.6 Å². The molecule has 3 aromatic rings. The van der Waals surface area contributed by atoms with E-state index < -0.39 is 0 Å². The van der Waals surface area contributed by atoms with Crippen molar-refractivity contribution in [2.24, 2.45) is 5.10 Å². The summed E-state index contributed by atoms with van der Waals surface area (Å²) in [6.07, 6.45) is 3.36. The largest absolute Gasteiger partial charge is 0.278 e. The van der Waals surface area contributed by atoms with Crippen LogP contribution in [0.15, 0.2) is 65.9 Å². The third kappa shape index (κ3) is 4.61. The van der Waals surface area contributed by atoms with Crippen LogP contribution in [-0.4, -0.2) is 20.9 Å². The van der Waals surface area contributed by atoms with Crippen molar-refractivity contribution in [3.05, 3.63) is 71.5 Å². The first kappa shape index (κ1) is 17.0. The number of halogens is 1. The van der Waals surface area contributed by atoms with Crippen molar-refractivity contribution in [3.8, 4) is 11.4 Å². The Morgan fingerprint density at radius 1 is 1.12 bits per heavy atom. The molecule has 0 unspecified atom stereocenters. The number of anilines is 1. The van der Waals surface area contributed by atoms with Crippen LogP contribution in [0.25, 0.3) is 11.4 Å². The molecule has 1 heterocycles. The van der Waals surface area contributed by atoms with Gasteiger partial charge in [-0.05, 0) is 24.6 Å². The van der Waals surface area contributed by atoms with E-state index in [9.17, 15) is 0 Å². The Labute approximate surface area is 151 Å². The van der Waals surface area contributed by atoms with Gasteiger partial charge in [0.25, 0.3) is 0 Å². The molecule has 0 atom stereocenters. The molecule has 25 heavy (non-hydrogen) atoms. The van der Waals surface area contributed by atoms with E-state index in [4.69, 9.17) is 11.6 Å². The molecule has 6 heteroatoms. The van der Waals surface area contributed by atoms with Gasteiger partial charge >= 0.3 is 0 Å². The number of hydrogen-bond donors (Lipinski definition) is 1. The molecule has 2 aromatic carbocycles. The first-order chi connectivity index (χ1) is 12.3. The Balaban J connectivity index is 1.89. The number of benzene rings is 2. The second-order valence-corrected chi connectivity index (χ2v) is 5.90. The van der Waals surface area contributed by atoms with Crippen molar-refractivity contribution < 1.29 is 0 Å². The highest BCUT2D eigenvalue weighted by atomic mass is 35.5. The van der Waals surface area contributed by atoms with Gasteiger partial charge in [0.1, 0.15) is 5.69 Å². The molecule has 5 nitrogen and oxygen atoms in total. The third-order valence-electron chi connectivity index (χ3n) is 3.52. The lowest BCUT2D eigenvalue weighted by Crippen LogP contribution is -2.09. The monoisotopic (exact) mass is 351 g/mol. The zero-order valence-corrected chi connectivity index (χ0v) is 14.6. The molecule has 1 N–H and O–H groups in total. The summed E-state index contributed by atoms with van der Waals surface area (Å²) in [7, 11) is 0. The first-order valence-corrected chi connectivity index (χ1v) is 8.47. The number of hydrazone groups is 1. The van der Waals surface area contributed by atoms with Crippen LogP contribution in [0.2, 0.25) is 5.02 Å². The molecule has 126 valence electrons. The second-order valence-electron chi connectivity index (χ2n) is 5.46. The molecule has 1 aromatic heterocycles. The molecule has 0 aliphatic carbocycles. The Morgan fingerprint density at radius 3 is 2.72 bits per heavy atom. The smallest absolute Gasteiger partial charge is 0.182 e. The van der Waals surface area contributed by atoms with Crippen molar-refractivity contribution in [2.45, 2.75) is 19.8 Å². The summed E-state index contributed by atoms with van der Waals surface area (Å²) >= 11 is 6.01. The maximum atomic E-state index is 6.01. The second kappa shape index (κ2) is 8.35. The van der Waals surface area contributed by atoms with E-state index in [0.29, 0.717) is 16.5 Å². The quantitative estimate of drug-likeness (QED) is 0.511. The lowest BCUT2D eigenvalue weighted by atomic mass is 10.1. The molecule has 0 amide bonds. The van der Waals surface area contributed by atoms with Crippen molar-refractivity contribution >= 4 is 23.0 Å². The summed E-state index contributed by atoms with van der Waals surface area (Å²) in [5.74, 6) is 0.588. The molecule has 0 aliphatic heterocycles. The molecule has 3 rings (SSSR count). The summed E-state index contributed by atoms with van der Waals surface area (Å²) in [5, 5.41) is 13.4. The number of aromatic nitrogens is 3. The maximum Gasteiger partial charge on any atom is 0.182 e. The molecule has 0 radical (unpaired) electrons. The molecule has 0 bridgehead atoms. The Bertz CT molecular complexity index is 864. The van der Waals surface area contributed by atoms with Crippen molar-refractivity contribution in [2.75, 3.05) is 5.43 Å². The van der Waals surface area contributed by atoms with Crippen LogP contribution in [0.4, 0.5) is 5.69 Å². The normalized spacial score (nSPS) is 11.4. The summed E-state index contributed by atoms with van der Waals surface area (Å²) in [6.45, 7) is 2.10. The van der Waals surface area contributed by atoms with Crippen molar-refractivity contribution in [1.82, 2.24) is 15.2 Å². The number of nitrogens with zero attached hydrogens (tertiary/aromatic N) is 4. The van der Waals surface area contributed by atoms with Gasteiger partial charge in [-0.2, -0.15) is 10.2 Å². The molecular weight excluding hydrogens is 334 g/mol. The standard InChI is InChI=1S/C19H18ClN5/c1-2-7-17(24-23-16-11-6-10-15(20)12-16)18-13-21-25-19(22-18)14-8-4-3-5-9-14/h3-6,8-13,23H,2,7H2,1H3/b24-17+. The Morgan fingerprint density at radius 2 is 1.96 bits per heavy atom. The van der Waals surface area contributed by atoms with Gasteiger partial charge in [0.2, 0.25) is 0 Å². The van der Waals surface area contributed by atoms with Crippen LogP contribution in [-0.2, 0) is 0 Å². The molecule has 0 aliphatic rings. The van der Waals surface area contributed by atoms with Crippen LogP contribution >= 0.6 is 11.6 Å². The fraction of sp³-hybridized carbons (Fsp3) is 0.158. The van der Waals surface area contributed by atoms with Gasteiger partial charge in [0.15, 0.2) is 5.82 Å². The van der Waals surface area contributed by atoms with E-state index in [2.05, 4.69) is 32.6 Å². The molecule has 0 saturated heterocycles. The van der Waals surface area contributed by atoms with Gasteiger partial charge in [-0.25, -0.2) is 4.98 Å². The number of rotatable bonds is 6. The zero-order valence-electron chi connectivity index (χ0n) is 13.9. The predicted octanol–water partition coefficient (Wildman–Crippen LogP) is 4.81. The molecule has 0 spiro atoms. The minimum atomic E-state index is 0.588. The summed E-state index contributed by atoms with van der Waals surface area (Å²) in [4.78, 5) is 4.62. The van der Waals surface area contributed by atoms with E-state index in [1.165, 1.54) is 0 Å². The van der Waals surface area contributed by atoms with Crippen molar-refractivity contribution in [1.29, 1.82) is 0 Å². The predicted molar refractivity (Wildman–Crippen MR) is 102 cm³/mol. The van der Waals surface area contributed by atoms with E-state index in [0.717, 1.165) is 29.8 Å². The molecule has 0 saturated carbocycles. The van der Waals surface area contributed by atoms with E-state index in [1.807, 2.05) is 54.6 Å². The van der Waals surface area contributed by atoms with E-state index in [1.54, 1.807) is 6.20 Å². The lowest BCUT2D eigenvalue weighted by Gasteiger charge is -2.07. The zero-order chi connectivity index (χ0) is 17.5. The van der Waals surface area contributed by atoms with E-state index in [-0.39, 0.29) is 0 Å².